The third-order valence-electron chi connectivity index (χ3n) is 3.18. The van der Waals surface area contributed by atoms with Crippen LogP contribution in [-0.4, -0.2) is 41.8 Å². The second-order valence-electron chi connectivity index (χ2n) is 5.15. The summed E-state index contributed by atoms with van der Waals surface area (Å²) in [7, 11) is 3.28. The summed E-state index contributed by atoms with van der Waals surface area (Å²) in [6.07, 6.45) is 0.675. The molecule has 0 aromatic carbocycles. The van der Waals surface area contributed by atoms with Crippen LogP contribution < -0.4 is 0 Å². The first-order chi connectivity index (χ1) is 8.16. The number of ketones is 1. The van der Waals surface area contributed by atoms with Crippen molar-refractivity contribution in [3.63, 3.8) is 0 Å². The lowest BCUT2D eigenvalue weighted by molar-refractivity contribution is -0.142. The quantitative estimate of drug-likeness (QED) is 0.748. The van der Waals surface area contributed by atoms with Crippen molar-refractivity contribution >= 4 is 17.7 Å². The predicted octanol–water partition coefficient (Wildman–Crippen LogP) is 1.42. The highest BCUT2D eigenvalue weighted by Gasteiger charge is 2.28. The fraction of sp³-hybridized carbons (Fsp3) is 0.769. The van der Waals surface area contributed by atoms with Gasteiger partial charge in [-0.15, -0.1) is 0 Å². The fourth-order valence-electron chi connectivity index (χ4n) is 1.78. The van der Waals surface area contributed by atoms with Crippen LogP contribution in [0, 0.1) is 17.8 Å². The predicted molar refractivity (Wildman–Crippen MR) is 68.1 cm³/mol. The third kappa shape index (κ3) is 5.29. The van der Waals surface area contributed by atoms with Crippen LogP contribution >= 0.6 is 0 Å². The lowest BCUT2D eigenvalue weighted by Crippen LogP contribution is -2.33. The van der Waals surface area contributed by atoms with Gasteiger partial charge in [0.05, 0.1) is 5.92 Å². The van der Waals surface area contributed by atoms with Crippen LogP contribution in [0.2, 0.25) is 0 Å². The Labute approximate surface area is 108 Å². The number of carboxylic acid groups (broad SMARTS) is 1. The van der Waals surface area contributed by atoms with E-state index < -0.39 is 17.8 Å². The summed E-state index contributed by atoms with van der Waals surface area (Å²) in [5, 5.41) is 8.90. The summed E-state index contributed by atoms with van der Waals surface area (Å²) in [5.41, 5.74) is 0. The molecule has 0 fully saturated rings. The van der Waals surface area contributed by atoms with Crippen LogP contribution in [-0.2, 0) is 14.4 Å². The Kier molecular flexibility index (Phi) is 6.58. The number of carbonyl (C=O) groups excluding carboxylic acids is 2. The van der Waals surface area contributed by atoms with E-state index in [1.54, 1.807) is 27.9 Å². The van der Waals surface area contributed by atoms with E-state index in [0.717, 1.165) is 0 Å². The summed E-state index contributed by atoms with van der Waals surface area (Å²) >= 11 is 0. The highest BCUT2D eigenvalue weighted by atomic mass is 16.4. The molecule has 0 heterocycles. The molecule has 18 heavy (non-hydrogen) atoms. The Morgan fingerprint density at radius 2 is 1.50 bits per heavy atom. The normalized spacial score (nSPS) is 15.6. The first-order valence-electron chi connectivity index (χ1n) is 6.11. The van der Waals surface area contributed by atoms with Crippen LogP contribution in [0.4, 0.5) is 0 Å². The number of carbonyl (C=O) groups is 3. The van der Waals surface area contributed by atoms with Gasteiger partial charge in [-0.05, 0) is 19.8 Å². The van der Waals surface area contributed by atoms with Crippen molar-refractivity contribution in [3.8, 4) is 0 Å². The summed E-state index contributed by atoms with van der Waals surface area (Å²) < 4.78 is 0. The highest BCUT2D eigenvalue weighted by molar-refractivity contribution is 5.82. The van der Waals surface area contributed by atoms with E-state index in [1.165, 1.54) is 11.8 Å². The van der Waals surface area contributed by atoms with Crippen molar-refractivity contribution in [3.05, 3.63) is 0 Å². The first-order valence-corrected chi connectivity index (χ1v) is 6.11. The minimum atomic E-state index is -0.915. The molecule has 0 aliphatic rings. The van der Waals surface area contributed by atoms with Crippen LogP contribution in [0.5, 0.6) is 0 Å². The van der Waals surface area contributed by atoms with E-state index in [9.17, 15) is 14.4 Å². The average Bonchev–Trinajstić information content (AvgIpc) is 2.26. The zero-order chi connectivity index (χ0) is 14.5. The maximum absolute atomic E-state index is 12.0. The van der Waals surface area contributed by atoms with Crippen LogP contribution in [0.25, 0.3) is 0 Å². The molecule has 3 unspecified atom stereocenters. The molecule has 1 amide bonds. The summed E-state index contributed by atoms with van der Waals surface area (Å²) in [6, 6.07) is 0. The molecule has 0 saturated heterocycles. The Hall–Kier alpha value is -1.39. The topological polar surface area (TPSA) is 74.7 Å². The highest BCUT2D eigenvalue weighted by Crippen LogP contribution is 2.22. The molecule has 0 spiro atoms. The number of aliphatic carboxylic acids is 1. The number of nitrogens with zero attached hydrogens (tertiary/aromatic N) is 1. The van der Waals surface area contributed by atoms with E-state index >= 15 is 0 Å². The van der Waals surface area contributed by atoms with Crippen molar-refractivity contribution in [1.29, 1.82) is 0 Å². The van der Waals surface area contributed by atoms with Crippen molar-refractivity contribution in [2.45, 2.75) is 33.6 Å². The van der Waals surface area contributed by atoms with Gasteiger partial charge in [0, 0.05) is 25.9 Å². The van der Waals surface area contributed by atoms with Crippen LogP contribution in [0.15, 0.2) is 0 Å². The molecule has 0 radical (unpaired) electrons. The van der Waals surface area contributed by atoms with Crippen LogP contribution in [0.1, 0.15) is 33.6 Å². The number of hydrogen-bond donors (Lipinski definition) is 1. The summed E-state index contributed by atoms with van der Waals surface area (Å²) in [5.74, 6) is -2.23. The molecule has 0 aromatic rings. The lowest BCUT2D eigenvalue weighted by Gasteiger charge is -2.23. The van der Waals surface area contributed by atoms with Crippen molar-refractivity contribution in [2.75, 3.05) is 14.1 Å². The van der Waals surface area contributed by atoms with Gasteiger partial charge < -0.3 is 10.0 Å². The lowest BCUT2D eigenvalue weighted by atomic mass is 9.86. The second-order valence-corrected chi connectivity index (χ2v) is 5.15. The Balaban J connectivity index is 4.78. The molecule has 0 rings (SSSR count). The van der Waals surface area contributed by atoms with Gasteiger partial charge in [-0.25, -0.2) is 0 Å². The molecule has 3 atom stereocenters. The number of rotatable bonds is 7. The molecular weight excluding hydrogens is 234 g/mol. The number of Topliss-reactive ketones (excluding diaryl/α,β-unsaturated/α-hetero) is 1. The van der Waals surface area contributed by atoms with E-state index in [4.69, 9.17) is 5.11 Å². The van der Waals surface area contributed by atoms with Crippen molar-refractivity contribution in [2.24, 2.45) is 17.8 Å². The SMILES string of the molecule is CC(=O)C(C)CC(CC(C)C(=O)O)C(=O)N(C)C. The minimum Gasteiger partial charge on any atom is -0.481 e. The number of carboxylic acids is 1. The molecule has 0 bridgehead atoms. The molecule has 0 aliphatic carbocycles. The zero-order valence-electron chi connectivity index (χ0n) is 11.8. The first kappa shape index (κ1) is 16.6. The number of amides is 1. The zero-order valence-corrected chi connectivity index (χ0v) is 11.8. The Morgan fingerprint density at radius 3 is 1.83 bits per heavy atom. The van der Waals surface area contributed by atoms with Gasteiger partial charge in [-0.1, -0.05) is 13.8 Å². The standard InChI is InChI=1S/C13H23NO4/c1-8(10(3)15)6-11(12(16)14(4)5)7-9(2)13(17)18/h8-9,11H,6-7H2,1-5H3,(H,17,18). The Bertz CT molecular complexity index is 303. The molecule has 5 nitrogen and oxygen atoms in total. The van der Waals surface area contributed by atoms with Gasteiger partial charge >= 0.3 is 5.97 Å². The molecule has 0 aliphatic heterocycles. The van der Waals surface area contributed by atoms with E-state index in [-0.39, 0.29) is 24.0 Å². The van der Waals surface area contributed by atoms with Gasteiger partial charge in [0.25, 0.3) is 0 Å². The van der Waals surface area contributed by atoms with Gasteiger partial charge in [0.15, 0.2) is 0 Å². The van der Waals surface area contributed by atoms with Gasteiger partial charge in [0.2, 0.25) is 5.91 Å². The maximum atomic E-state index is 12.0. The molecule has 0 aromatic heterocycles. The molecular formula is C13H23NO4. The van der Waals surface area contributed by atoms with Crippen molar-refractivity contribution < 1.29 is 19.5 Å². The molecule has 0 saturated carbocycles. The summed E-state index contributed by atoms with van der Waals surface area (Å²) in [6.45, 7) is 4.84. The fourth-order valence-corrected chi connectivity index (χ4v) is 1.78. The van der Waals surface area contributed by atoms with E-state index in [2.05, 4.69) is 0 Å². The van der Waals surface area contributed by atoms with Crippen LogP contribution in [0.3, 0.4) is 0 Å². The smallest absolute Gasteiger partial charge is 0.306 e. The Morgan fingerprint density at radius 1 is 1.06 bits per heavy atom. The third-order valence-corrected chi connectivity index (χ3v) is 3.18. The van der Waals surface area contributed by atoms with E-state index in [1.807, 2.05) is 0 Å². The minimum absolute atomic E-state index is 0.0227. The average molecular weight is 257 g/mol. The van der Waals surface area contributed by atoms with E-state index in [0.29, 0.717) is 6.42 Å². The van der Waals surface area contributed by atoms with Crippen molar-refractivity contribution in [1.82, 2.24) is 4.90 Å². The van der Waals surface area contributed by atoms with Gasteiger partial charge in [-0.3, -0.25) is 14.4 Å². The monoisotopic (exact) mass is 257 g/mol. The summed E-state index contributed by atoms with van der Waals surface area (Å²) in [4.78, 5) is 35.5. The molecule has 1 N–H and O–H groups in total. The second kappa shape index (κ2) is 7.13. The largest absolute Gasteiger partial charge is 0.481 e. The molecule has 104 valence electrons. The van der Waals surface area contributed by atoms with Gasteiger partial charge in [-0.2, -0.15) is 0 Å². The molecule has 5 heteroatoms. The maximum Gasteiger partial charge on any atom is 0.306 e. The number of hydrogen-bond acceptors (Lipinski definition) is 3. The van der Waals surface area contributed by atoms with Gasteiger partial charge in [0.1, 0.15) is 5.78 Å².